The van der Waals surface area contributed by atoms with E-state index in [4.69, 9.17) is 5.11 Å². The number of carbonyl (C=O) groups is 2. The number of aryl methyl sites for hydroxylation is 1. The molecule has 1 fully saturated rings. The Kier molecular flexibility index (Phi) is 2.78. The average Bonchev–Trinajstić information content (AvgIpc) is 3.11. The summed E-state index contributed by atoms with van der Waals surface area (Å²) in [7, 11) is 0. The number of carboxylic acid groups (broad SMARTS) is 1. The van der Waals surface area contributed by atoms with E-state index < -0.39 is 11.5 Å². The van der Waals surface area contributed by atoms with Crippen molar-refractivity contribution in [2.75, 3.05) is 0 Å². The molecule has 1 saturated carbocycles. The van der Waals surface area contributed by atoms with E-state index in [0.717, 1.165) is 22.2 Å². The fourth-order valence-electron chi connectivity index (χ4n) is 2.55. The molecule has 5 nitrogen and oxygen atoms in total. The molecule has 0 spiro atoms. The molecule has 0 radical (unpaired) electrons. The lowest BCUT2D eigenvalue weighted by atomic mass is 10.1. The molecule has 1 aromatic carbocycles. The van der Waals surface area contributed by atoms with Crippen LogP contribution in [0.1, 0.15) is 24.1 Å². The van der Waals surface area contributed by atoms with Gasteiger partial charge in [-0.1, -0.05) is 18.2 Å². The van der Waals surface area contributed by atoms with Gasteiger partial charge >= 0.3 is 5.97 Å². The van der Waals surface area contributed by atoms with Crippen molar-refractivity contribution in [3.63, 3.8) is 0 Å². The maximum absolute atomic E-state index is 12.1. The number of H-pyrrole nitrogens is 1. The minimum atomic E-state index is -1.02. The molecule has 20 heavy (non-hydrogen) atoms. The summed E-state index contributed by atoms with van der Waals surface area (Å²) in [6.07, 6.45) is 1.23. The average molecular weight is 272 g/mol. The Labute approximate surface area is 116 Å². The molecule has 0 unspecified atom stereocenters. The fraction of sp³-hybridized carbons (Fsp3) is 0.333. The highest BCUT2D eigenvalue weighted by Crippen LogP contribution is 2.35. The summed E-state index contributed by atoms with van der Waals surface area (Å²) >= 11 is 0. The van der Waals surface area contributed by atoms with Crippen LogP contribution < -0.4 is 5.32 Å². The van der Waals surface area contributed by atoms with Crippen molar-refractivity contribution in [3.05, 3.63) is 35.5 Å². The highest BCUT2D eigenvalue weighted by molar-refractivity contribution is 5.93. The van der Waals surface area contributed by atoms with Crippen LogP contribution in [0.5, 0.6) is 0 Å². The van der Waals surface area contributed by atoms with Crippen molar-refractivity contribution >= 4 is 22.8 Å². The van der Waals surface area contributed by atoms with Crippen LogP contribution in [0, 0.1) is 6.92 Å². The first-order valence-corrected chi connectivity index (χ1v) is 6.62. The number of rotatable bonds is 4. The van der Waals surface area contributed by atoms with Crippen LogP contribution >= 0.6 is 0 Å². The summed E-state index contributed by atoms with van der Waals surface area (Å²) in [6, 6.07) is 7.79. The van der Waals surface area contributed by atoms with Crippen molar-refractivity contribution in [3.8, 4) is 0 Å². The number of aromatic nitrogens is 1. The Hall–Kier alpha value is -2.30. The molecular weight excluding hydrogens is 256 g/mol. The van der Waals surface area contributed by atoms with E-state index in [-0.39, 0.29) is 12.3 Å². The predicted octanol–water partition coefficient (Wildman–Crippen LogP) is 1.75. The minimum absolute atomic E-state index is 0.199. The van der Waals surface area contributed by atoms with Crippen LogP contribution in [0.4, 0.5) is 0 Å². The first-order valence-electron chi connectivity index (χ1n) is 6.62. The zero-order valence-electron chi connectivity index (χ0n) is 11.2. The lowest BCUT2D eigenvalue weighted by Gasteiger charge is -2.12. The smallest absolute Gasteiger partial charge is 0.329 e. The summed E-state index contributed by atoms with van der Waals surface area (Å²) < 4.78 is 0. The maximum atomic E-state index is 12.1. The Morgan fingerprint density at radius 2 is 2.05 bits per heavy atom. The number of amides is 1. The molecule has 1 aliphatic carbocycles. The van der Waals surface area contributed by atoms with Gasteiger partial charge in [-0.3, -0.25) is 4.79 Å². The quantitative estimate of drug-likeness (QED) is 0.793. The van der Waals surface area contributed by atoms with E-state index in [0.29, 0.717) is 12.8 Å². The number of para-hydroxylation sites is 1. The summed E-state index contributed by atoms with van der Waals surface area (Å²) in [6.45, 7) is 1.92. The van der Waals surface area contributed by atoms with Crippen molar-refractivity contribution in [1.29, 1.82) is 0 Å². The van der Waals surface area contributed by atoms with E-state index in [1.165, 1.54) is 0 Å². The molecule has 1 aliphatic rings. The first kappa shape index (κ1) is 12.7. The molecule has 1 heterocycles. The number of hydrogen-bond acceptors (Lipinski definition) is 2. The van der Waals surface area contributed by atoms with Gasteiger partial charge in [0.15, 0.2) is 0 Å². The van der Waals surface area contributed by atoms with E-state index >= 15 is 0 Å². The molecule has 0 saturated heterocycles. The molecule has 0 bridgehead atoms. The number of benzene rings is 1. The number of hydrogen-bond donors (Lipinski definition) is 3. The third-order valence-corrected chi connectivity index (χ3v) is 3.90. The molecule has 104 valence electrons. The zero-order chi connectivity index (χ0) is 14.3. The van der Waals surface area contributed by atoms with Gasteiger partial charge in [0, 0.05) is 16.6 Å². The van der Waals surface area contributed by atoms with E-state index in [1.54, 1.807) is 0 Å². The molecule has 5 heteroatoms. The van der Waals surface area contributed by atoms with Crippen LogP contribution in [0.3, 0.4) is 0 Å². The first-order chi connectivity index (χ1) is 9.52. The van der Waals surface area contributed by atoms with Gasteiger partial charge in [-0.2, -0.15) is 0 Å². The maximum Gasteiger partial charge on any atom is 0.329 e. The normalized spacial score (nSPS) is 16.1. The Balaban J connectivity index is 1.81. The summed E-state index contributed by atoms with van der Waals surface area (Å²) in [4.78, 5) is 26.4. The highest BCUT2D eigenvalue weighted by Gasteiger charge is 2.51. The summed E-state index contributed by atoms with van der Waals surface area (Å²) in [5.74, 6) is -1.18. The van der Waals surface area contributed by atoms with Gasteiger partial charge in [-0.15, -0.1) is 0 Å². The van der Waals surface area contributed by atoms with Crippen LogP contribution in [-0.2, 0) is 16.0 Å². The highest BCUT2D eigenvalue weighted by atomic mass is 16.4. The van der Waals surface area contributed by atoms with Crippen LogP contribution in [-0.4, -0.2) is 27.5 Å². The Morgan fingerprint density at radius 1 is 1.35 bits per heavy atom. The van der Waals surface area contributed by atoms with Gasteiger partial charge in [0.25, 0.3) is 0 Å². The predicted molar refractivity (Wildman–Crippen MR) is 74.5 cm³/mol. The largest absolute Gasteiger partial charge is 0.480 e. The topological polar surface area (TPSA) is 82.2 Å². The van der Waals surface area contributed by atoms with Gasteiger partial charge in [0.05, 0.1) is 6.42 Å². The minimum Gasteiger partial charge on any atom is -0.480 e. The molecule has 3 N–H and O–H groups in total. The number of carbonyl (C=O) groups excluding carboxylic acids is 1. The van der Waals surface area contributed by atoms with Crippen molar-refractivity contribution in [2.24, 2.45) is 0 Å². The molecule has 0 atom stereocenters. The molecule has 1 aromatic heterocycles. The number of carboxylic acids is 1. The fourth-order valence-corrected chi connectivity index (χ4v) is 2.55. The van der Waals surface area contributed by atoms with Gasteiger partial charge in [0.2, 0.25) is 5.91 Å². The Morgan fingerprint density at radius 3 is 2.70 bits per heavy atom. The van der Waals surface area contributed by atoms with Crippen molar-refractivity contribution < 1.29 is 14.7 Å². The van der Waals surface area contributed by atoms with Gasteiger partial charge in [-0.25, -0.2) is 4.79 Å². The summed E-state index contributed by atoms with van der Waals surface area (Å²) in [5.41, 5.74) is 1.85. The third kappa shape index (κ3) is 2.05. The summed E-state index contributed by atoms with van der Waals surface area (Å²) in [5, 5.41) is 12.7. The van der Waals surface area contributed by atoms with Gasteiger partial charge < -0.3 is 15.4 Å². The van der Waals surface area contributed by atoms with Crippen molar-refractivity contribution in [2.45, 2.75) is 31.7 Å². The number of aliphatic carboxylic acids is 1. The third-order valence-electron chi connectivity index (χ3n) is 3.90. The number of aromatic amines is 1. The van der Waals surface area contributed by atoms with Gasteiger partial charge in [-0.05, 0) is 31.4 Å². The lowest BCUT2D eigenvalue weighted by molar-refractivity contribution is -0.143. The molecule has 3 rings (SSSR count). The molecule has 2 aromatic rings. The number of nitrogens with one attached hydrogen (secondary N) is 2. The monoisotopic (exact) mass is 272 g/mol. The van der Waals surface area contributed by atoms with Gasteiger partial charge in [0.1, 0.15) is 5.54 Å². The SMILES string of the molecule is Cc1[nH]c2ccccc2c1CC(=O)NC1(C(=O)O)CC1. The second-order valence-corrected chi connectivity index (χ2v) is 5.39. The van der Waals surface area contributed by atoms with Crippen LogP contribution in [0.15, 0.2) is 24.3 Å². The molecule has 0 aliphatic heterocycles. The zero-order valence-corrected chi connectivity index (χ0v) is 11.2. The van der Waals surface area contributed by atoms with E-state index in [1.807, 2.05) is 31.2 Å². The number of fused-ring (bicyclic) bond motifs is 1. The second-order valence-electron chi connectivity index (χ2n) is 5.39. The van der Waals surface area contributed by atoms with E-state index in [2.05, 4.69) is 10.3 Å². The Bertz CT molecular complexity index is 698. The molecule has 1 amide bonds. The van der Waals surface area contributed by atoms with Crippen LogP contribution in [0.25, 0.3) is 10.9 Å². The lowest BCUT2D eigenvalue weighted by Crippen LogP contribution is -2.43. The van der Waals surface area contributed by atoms with Crippen LogP contribution in [0.2, 0.25) is 0 Å². The standard InChI is InChI=1S/C15H16N2O3/c1-9-11(10-4-2-3-5-12(10)16-9)8-13(18)17-15(6-7-15)14(19)20/h2-5,16H,6-8H2,1H3,(H,17,18)(H,19,20). The molecular formula is C15H16N2O3. The van der Waals surface area contributed by atoms with Crippen molar-refractivity contribution in [1.82, 2.24) is 10.3 Å². The van der Waals surface area contributed by atoms with E-state index in [9.17, 15) is 9.59 Å². The second kappa shape index (κ2) is 4.37.